The van der Waals surface area contributed by atoms with Crippen molar-refractivity contribution in [2.45, 2.75) is 13.8 Å². The summed E-state index contributed by atoms with van der Waals surface area (Å²) in [4.78, 5) is 18.0. The SMILES string of the molecule is CC(=O)O.CC(=O)O.[Cd].[Mn]. The third kappa shape index (κ3) is 3140. The molecule has 0 spiro atoms. The fourth-order valence-electron chi connectivity index (χ4n) is 0. The zero-order valence-corrected chi connectivity index (χ0v) is 11.0. The molecular weight excluding hydrogens is 279 g/mol. The molecule has 0 heterocycles. The third-order valence-electron chi connectivity index (χ3n) is 0. The second-order valence-corrected chi connectivity index (χ2v) is 1.04. The Morgan fingerprint density at radius 1 is 1.00 bits per heavy atom. The van der Waals surface area contributed by atoms with Crippen molar-refractivity contribution in [3.8, 4) is 0 Å². The van der Waals surface area contributed by atoms with E-state index in [1.54, 1.807) is 0 Å². The van der Waals surface area contributed by atoms with Gasteiger partial charge in [-0.25, -0.2) is 0 Å². The van der Waals surface area contributed by atoms with E-state index in [4.69, 9.17) is 19.8 Å². The molecule has 0 aromatic heterocycles. The van der Waals surface area contributed by atoms with E-state index in [0.717, 1.165) is 13.8 Å². The minimum absolute atomic E-state index is 0. The van der Waals surface area contributed by atoms with Gasteiger partial charge in [-0.15, -0.1) is 0 Å². The number of hydrogen-bond acceptors (Lipinski definition) is 2. The van der Waals surface area contributed by atoms with Crippen LogP contribution in [0.5, 0.6) is 0 Å². The molecule has 0 amide bonds. The van der Waals surface area contributed by atoms with E-state index in [1.807, 2.05) is 0 Å². The Kier molecular flexibility index (Phi) is 36.3. The van der Waals surface area contributed by atoms with Crippen LogP contribution in [0.3, 0.4) is 0 Å². The van der Waals surface area contributed by atoms with Gasteiger partial charge in [-0.05, 0) is 0 Å². The Balaban J connectivity index is -0.0000000300. The van der Waals surface area contributed by atoms with Crippen molar-refractivity contribution < 1.29 is 64.2 Å². The molecule has 0 bridgehead atoms. The molecule has 2 N–H and O–H groups in total. The molecule has 0 unspecified atom stereocenters. The monoisotopic (exact) mass is 289 g/mol. The molecule has 0 aliphatic heterocycles. The summed E-state index contributed by atoms with van der Waals surface area (Å²) in [7, 11) is 0. The second kappa shape index (κ2) is 16.2. The Morgan fingerprint density at radius 2 is 1.00 bits per heavy atom. The van der Waals surface area contributed by atoms with Crippen LogP contribution in [0, 0.1) is 0 Å². The smallest absolute Gasteiger partial charge is 0.300 e. The maximum Gasteiger partial charge on any atom is 0.300 e. The molecule has 0 saturated heterocycles. The first-order valence-electron chi connectivity index (χ1n) is 1.86. The van der Waals surface area contributed by atoms with Gasteiger partial charge in [-0.3, -0.25) is 9.59 Å². The summed E-state index contributed by atoms with van der Waals surface area (Å²) >= 11 is 0. The first-order valence-corrected chi connectivity index (χ1v) is 1.86. The van der Waals surface area contributed by atoms with Gasteiger partial charge in [-0.1, -0.05) is 0 Å². The van der Waals surface area contributed by atoms with Crippen molar-refractivity contribution in [1.82, 2.24) is 0 Å². The van der Waals surface area contributed by atoms with Gasteiger partial charge >= 0.3 is 0 Å². The van der Waals surface area contributed by atoms with Gasteiger partial charge < -0.3 is 10.2 Å². The van der Waals surface area contributed by atoms with Gasteiger partial charge in [0, 0.05) is 58.2 Å². The summed E-state index contributed by atoms with van der Waals surface area (Å²) in [6.07, 6.45) is 0. The number of carbonyl (C=O) groups is 2. The van der Waals surface area contributed by atoms with Crippen LogP contribution >= 0.6 is 0 Å². The third-order valence-corrected chi connectivity index (χ3v) is 0. The molecule has 1 radical (unpaired) electrons. The van der Waals surface area contributed by atoms with E-state index < -0.39 is 11.9 Å². The number of carboxylic acids is 2. The van der Waals surface area contributed by atoms with Gasteiger partial charge in [0.25, 0.3) is 11.9 Å². The van der Waals surface area contributed by atoms with Gasteiger partial charge in [0.1, 0.15) is 0 Å². The quantitative estimate of drug-likeness (QED) is 0.623. The maximum atomic E-state index is 9.00. The van der Waals surface area contributed by atoms with Crippen LogP contribution < -0.4 is 0 Å². The first kappa shape index (κ1) is 22.4. The summed E-state index contributed by atoms with van der Waals surface area (Å²) < 4.78 is 0. The molecule has 0 saturated carbocycles. The van der Waals surface area contributed by atoms with E-state index >= 15 is 0 Å². The summed E-state index contributed by atoms with van der Waals surface area (Å²) in [6.45, 7) is 2.17. The molecule has 0 aliphatic carbocycles. The number of rotatable bonds is 0. The Morgan fingerprint density at radius 3 is 1.00 bits per heavy atom. The molecule has 0 fully saturated rings. The van der Waals surface area contributed by atoms with E-state index in [2.05, 4.69) is 0 Å². The predicted octanol–water partition coefficient (Wildman–Crippen LogP) is 0.177. The summed E-state index contributed by atoms with van der Waals surface area (Å²) in [5.41, 5.74) is 0. The average Bonchev–Trinajstić information content (AvgIpc) is 1.25. The average molecular weight is 287 g/mol. The van der Waals surface area contributed by atoms with E-state index in [-0.39, 0.29) is 44.4 Å². The molecule has 0 aliphatic rings. The molecule has 0 rings (SSSR count). The summed E-state index contributed by atoms with van der Waals surface area (Å²) in [5.74, 6) is -1.67. The predicted molar refractivity (Wildman–Crippen MR) is 26.6 cm³/mol. The Labute approximate surface area is 89.6 Å². The molecule has 6 heteroatoms. The van der Waals surface area contributed by atoms with Crippen LogP contribution in [0.1, 0.15) is 13.8 Å². The van der Waals surface area contributed by atoms with Crippen molar-refractivity contribution in [1.29, 1.82) is 0 Å². The van der Waals surface area contributed by atoms with Crippen LogP contribution in [0.15, 0.2) is 0 Å². The molecule has 4 nitrogen and oxygen atoms in total. The van der Waals surface area contributed by atoms with Gasteiger partial charge in [-0.2, -0.15) is 0 Å². The zero-order valence-electron chi connectivity index (χ0n) is 5.80. The number of aliphatic carboxylic acids is 2. The summed E-state index contributed by atoms with van der Waals surface area (Å²) in [5, 5.41) is 14.8. The van der Waals surface area contributed by atoms with Crippen molar-refractivity contribution >= 4 is 11.9 Å². The minimum atomic E-state index is -0.833. The van der Waals surface area contributed by atoms with Crippen molar-refractivity contribution in [3.63, 3.8) is 0 Å². The standard InChI is InChI=1S/2C2H4O2.Cd.Mn/c2*1-2(3)4;;/h2*1H3,(H,3,4);;. The fourth-order valence-corrected chi connectivity index (χ4v) is 0. The van der Waals surface area contributed by atoms with E-state index in [9.17, 15) is 0 Å². The second-order valence-electron chi connectivity index (χ2n) is 1.04. The van der Waals surface area contributed by atoms with Crippen molar-refractivity contribution in [2.24, 2.45) is 0 Å². The molecule has 57 valence electrons. The zero-order chi connectivity index (χ0) is 7.15. The van der Waals surface area contributed by atoms with Crippen molar-refractivity contribution in [3.05, 3.63) is 0 Å². The fraction of sp³-hybridized carbons (Fsp3) is 0.500. The maximum absolute atomic E-state index is 9.00. The normalized spacial score (nSPS) is 5.00. The minimum Gasteiger partial charge on any atom is -0.481 e. The molecular formula is C4H8CdMnO4. The van der Waals surface area contributed by atoms with Gasteiger partial charge in [0.15, 0.2) is 0 Å². The van der Waals surface area contributed by atoms with Crippen LogP contribution in [-0.2, 0) is 54.0 Å². The molecule has 0 aromatic carbocycles. The molecule has 0 atom stereocenters. The van der Waals surface area contributed by atoms with Crippen LogP contribution in [0.25, 0.3) is 0 Å². The number of carboxylic acid groups (broad SMARTS) is 2. The number of hydrogen-bond donors (Lipinski definition) is 2. The van der Waals surface area contributed by atoms with Crippen LogP contribution in [-0.4, -0.2) is 22.2 Å². The topological polar surface area (TPSA) is 74.6 Å². The molecule has 0 aromatic rings. The van der Waals surface area contributed by atoms with Gasteiger partial charge in [0.2, 0.25) is 0 Å². The van der Waals surface area contributed by atoms with Crippen LogP contribution in [0.4, 0.5) is 0 Å². The first-order chi connectivity index (χ1) is 3.46. The molecule has 10 heavy (non-hydrogen) atoms. The Hall–Kier alpha value is 0.382. The largest absolute Gasteiger partial charge is 0.481 e. The van der Waals surface area contributed by atoms with Crippen LogP contribution in [0.2, 0.25) is 0 Å². The van der Waals surface area contributed by atoms with E-state index in [0.29, 0.717) is 0 Å². The summed E-state index contributed by atoms with van der Waals surface area (Å²) in [6, 6.07) is 0. The van der Waals surface area contributed by atoms with Gasteiger partial charge in [0.05, 0.1) is 0 Å². The van der Waals surface area contributed by atoms with Crippen molar-refractivity contribution in [2.75, 3.05) is 0 Å². The van der Waals surface area contributed by atoms with E-state index in [1.165, 1.54) is 0 Å². The Bertz CT molecular complexity index is 75.3.